The van der Waals surface area contributed by atoms with E-state index in [-0.39, 0.29) is 36.7 Å². The number of carbonyl (C=O) groups excluding carboxylic acids is 3. The van der Waals surface area contributed by atoms with E-state index in [4.69, 9.17) is 13.9 Å². The minimum atomic E-state index is -0.390. The summed E-state index contributed by atoms with van der Waals surface area (Å²) in [6, 6.07) is 8.49. The summed E-state index contributed by atoms with van der Waals surface area (Å²) in [5.74, 6) is 0.792. The number of furan rings is 1. The van der Waals surface area contributed by atoms with Crippen LogP contribution in [0.1, 0.15) is 29.1 Å². The van der Waals surface area contributed by atoms with Gasteiger partial charge >= 0.3 is 0 Å². The van der Waals surface area contributed by atoms with E-state index in [1.807, 2.05) is 0 Å². The van der Waals surface area contributed by atoms with E-state index in [2.05, 4.69) is 15.6 Å². The normalized spacial score (nSPS) is 15.2. The Morgan fingerprint density at radius 3 is 2.71 bits per heavy atom. The molecule has 11 heteroatoms. The summed E-state index contributed by atoms with van der Waals surface area (Å²) >= 11 is 1.25. The molecule has 2 N–H and O–H groups in total. The van der Waals surface area contributed by atoms with E-state index >= 15 is 0 Å². The fourth-order valence-corrected chi connectivity index (χ4v) is 4.59. The van der Waals surface area contributed by atoms with Gasteiger partial charge in [0, 0.05) is 36.1 Å². The van der Waals surface area contributed by atoms with Crippen molar-refractivity contribution in [1.82, 2.24) is 9.88 Å². The van der Waals surface area contributed by atoms with E-state index in [9.17, 15) is 14.4 Å². The van der Waals surface area contributed by atoms with E-state index in [1.165, 1.54) is 17.6 Å². The van der Waals surface area contributed by atoms with Gasteiger partial charge in [-0.15, -0.1) is 11.3 Å². The molecule has 0 aliphatic carbocycles. The molecule has 0 unspecified atom stereocenters. The molecule has 4 heterocycles. The Morgan fingerprint density at radius 2 is 1.91 bits per heavy atom. The van der Waals surface area contributed by atoms with Crippen LogP contribution in [0.5, 0.6) is 11.5 Å². The molecule has 176 valence electrons. The van der Waals surface area contributed by atoms with Crippen LogP contribution in [0.25, 0.3) is 0 Å². The van der Waals surface area contributed by atoms with E-state index in [0.717, 1.165) is 0 Å². The van der Waals surface area contributed by atoms with Crippen molar-refractivity contribution >= 4 is 39.9 Å². The average Bonchev–Trinajstić information content (AvgIpc) is 3.61. The van der Waals surface area contributed by atoms with Crippen molar-refractivity contribution in [3.63, 3.8) is 0 Å². The number of benzene rings is 1. The van der Waals surface area contributed by atoms with Gasteiger partial charge in [-0.05, 0) is 37.1 Å². The Kier molecular flexibility index (Phi) is 6.17. The summed E-state index contributed by atoms with van der Waals surface area (Å²) in [5.41, 5.74) is 1.25. The lowest BCUT2D eigenvalue weighted by Crippen LogP contribution is -2.42. The van der Waals surface area contributed by atoms with Gasteiger partial charge in [0.05, 0.1) is 18.4 Å². The zero-order valence-electron chi connectivity index (χ0n) is 18.1. The Morgan fingerprint density at radius 1 is 1.09 bits per heavy atom. The second-order valence-corrected chi connectivity index (χ2v) is 8.82. The number of piperidine rings is 1. The fraction of sp³-hybridized carbons (Fsp3) is 0.304. The van der Waals surface area contributed by atoms with Crippen LogP contribution < -0.4 is 20.1 Å². The van der Waals surface area contributed by atoms with Crippen molar-refractivity contribution in [2.45, 2.75) is 19.3 Å². The zero-order valence-corrected chi connectivity index (χ0v) is 18.9. The van der Waals surface area contributed by atoms with Gasteiger partial charge in [-0.25, -0.2) is 4.98 Å². The van der Waals surface area contributed by atoms with E-state index in [1.54, 1.807) is 40.6 Å². The predicted octanol–water partition coefficient (Wildman–Crippen LogP) is 3.14. The Labute approximate surface area is 198 Å². The molecular weight excluding hydrogens is 460 g/mol. The quantitative estimate of drug-likeness (QED) is 0.553. The van der Waals surface area contributed by atoms with Crippen molar-refractivity contribution in [2.24, 2.45) is 5.92 Å². The van der Waals surface area contributed by atoms with Crippen molar-refractivity contribution < 1.29 is 28.3 Å². The van der Waals surface area contributed by atoms with Crippen molar-refractivity contribution in [2.75, 3.05) is 30.5 Å². The van der Waals surface area contributed by atoms with Gasteiger partial charge in [-0.1, -0.05) is 0 Å². The molecule has 0 bridgehead atoms. The second kappa shape index (κ2) is 9.56. The molecule has 1 fully saturated rings. The lowest BCUT2D eigenvalue weighted by Gasteiger charge is -2.31. The predicted molar refractivity (Wildman–Crippen MR) is 123 cm³/mol. The molecule has 10 nitrogen and oxygen atoms in total. The molecule has 34 heavy (non-hydrogen) atoms. The number of nitrogens with one attached hydrogen (secondary N) is 2. The van der Waals surface area contributed by atoms with Gasteiger partial charge in [0.15, 0.2) is 22.4 Å². The molecule has 3 aromatic rings. The minimum Gasteiger partial charge on any atom is -0.459 e. The maximum atomic E-state index is 12.7. The third-order valence-electron chi connectivity index (χ3n) is 5.71. The molecule has 0 saturated carbocycles. The van der Waals surface area contributed by atoms with E-state index < -0.39 is 5.91 Å². The summed E-state index contributed by atoms with van der Waals surface area (Å²) in [7, 11) is 0. The summed E-state index contributed by atoms with van der Waals surface area (Å²) < 4.78 is 15.7. The van der Waals surface area contributed by atoms with Crippen LogP contribution in [0.3, 0.4) is 0 Å². The fourth-order valence-electron chi connectivity index (χ4n) is 3.89. The monoisotopic (exact) mass is 482 g/mol. The van der Waals surface area contributed by atoms with Gasteiger partial charge < -0.3 is 24.1 Å². The van der Waals surface area contributed by atoms with Crippen LogP contribution in [-0.2, 0) is 16.0 Å². The summed E-state index contributed by atoms with van der Waals surface area (Å²) in [4.78, 5) is 43.5. The first-order valence-corrected chi connectivity index (χ1v) is 11.7. The molecule has 0 radical (unpaired) electrons. The molecule has 3 amide bonds. The molecule has 2 aromatic heterocycles. The molecule has 0 atom stereocenters. The number of likely N-dealkylation sites (tertiary alicyclic amines) is 1. The first-order chi connectivity index (χ1) is 16.5. The van der Waals surface area contributed by atoms with Crippen LogP contribution in [-0.4, -0.2) is 47.5 Å². The highest BCUT2D eigenvalue weighted by molar-refractivity contribution is 7.14. The largest absolute Gasteiger partial charge is 0.459 e. The number of hydrogen-bond donors (Lipinski definition) is 2. The maximum Gasteiger partial charge on any atom is 0.293 e. The molecule has 1 saturated heterocycles. The summed E-state index contributed by atoms with van der Waals surface area (Å²) in [6.45, 7) is 1.19. The van der Waals surface area contributed by atoms with Crippen LogP contribution >= 0.6 is 11.3 Å². The van der Waals surface area contributed by atoms with Gasteiger partial charge in [0.1, 0.15) is 0 Å². The van der Waals surface area contributed by atoms with Crippen LogP contribution in [0.15, 0.2) is 46.4 Å². The number of anilines is 2. The number of hydrogen-bond acceptors (Lipinski definition) is 8. The van der Waals surface area contributed by atoms with Gasteiger partial charge in [-0.3, -0.25) is 19.7 Å². The minimum absolute atomic E-state index is 0.0520. The standard InChI is InChI=1S/C23H22N4O6S/c28-20(11-16-12-34-23(25-16)26-22(30)18-2-1-9-31-18)27-7-5-14(6-8-27)21(29)24-15-3-4-17-19(10-15)33-13-32-17/h1-4,9-10,12,14H,5-8,11,13H2,(H,24,29)(H,25,26,30). The highest BCUT2D eigenvalue weighted by Crippen LogP contribution is 2.34. The van der Waals surface area contributed by atoms with Crippen molar-refractivity contribution in [1.29, 1.82) is 0 Å². The number of aromatic nitrogens is 1. The number of nitrogens with zero attached hydrogens (tertiary/aromatic N) is 2. The van der Waals surface area contributed by atoms with Crippen LogP contribution in [0.4, 0.5) is 10.8 Å². The van der Waals surface area contributed by atoms with Crippen LogP contribution in [0.2, 0.25) is 0 Å². The highest BCUT2D eigenvalue weighted by atomic mass is 32.1. The maximum absolute atomic E-state index is 12.7. The number of ether oxygens (including phenoxy) is 2. The van der Waals surface area contributed by atoms with Gasteiger partial charge in [0.2, 0.25) is 18.6 Å². The number of thiazole rings is 1. The number of rotatable bonds is 6. The Bertz CT molecular complexity index is 1200. The summed E-state index contributed by atoms with van der Waals surface area (Å²) in [6.07, 6.45) is 2.74. The second-order valence-electron chi connectivity index (χ2n) is 7.96. The molecule has 5 rings (SSSR count). The van der Waals surface area contributed by atoms with Crippen LogP contribution in [0, 0.1) is 5.92 Å². The molecule has 2 aliphatic rings. The Balaban J connectivity index is 1.09. The van der Waals surface area contributed by atoms with Gasteiger partial charge in [-0.2, -0.15) is 0 Å². The molecule has 1 aromatic carbocycles. The smallest absolute Gasteiger partial charge is 0.293 e. The Hall–Kier alpha value is -3.86. The van der Waals surface area contributed by atoms with E-state index in [0.29, 0.717) is 53.9 Å². The number of fused-ring (bicyclic) bond motifs is 1. The lowest BCUT2D eigenvalue weighted by molar-refractivity contribution is -0.133. The highest BCUT2D eigenvalue weighted by Gasteiger charge is 2.28. The molecular formula is C23H22N4O6S. The zero-order chi connectivity index (χ0) is 23.5. The van der Waals surface area contributed by atoms with Crippen molar-refractivity contribution in [3.8, 4) is 11.5 Å². The summed E-state index contributed by atoms with van der Waals surface area (Å²) in [5, 5.41) is 7.74. The third kappa shape index (κ3) is 4.88. The lowest BCUT2D eigenvalue weighted by atomic mass is 9.95. The average molecular weight is 483 g/mol. The number of carbonyl (C=O) groups is 3. The topological polar surface area (TPSA) is 123 Å². The first kappa shape index (κ1) is 22.0. The number of amides is 3. The van der Waals surface area contributed by atoms with Gasteiger partial charge in [0.25, 0.3) is 5.91 Å². The van der Waals surface area contributed by atoms with Crippen molar-refractivity contribution in [3.05, 3.63) is 53.4 Å². The molecule has 0 spiro atoms. The third-order valence-corrected chi connectivity index (χ3v) is 6.51. The SMILES string of the molecule is O=C(Nc1nc(CC(=O)N2CCC(C(=O)Nc3ccc4c(c3)OCO4)CC2)cs1)c1ccco1. The molecule has 2 aliphatic heterocycles. The first-order valence-electron chi connectivity index (χ1n) is 10.8.